The fourth-order valence-electron chi connectivity index (χ4n) is 6.59. The number of methoxy groups -OCH3 is 1. The number of nitrogens with zero attached hydrogens (tertiary/aromatic N) is 3. The number of esters is 1. The molecule has 1 aliphatic rings. The van der Waals surface area contributed by atoms with E-state index in [4.69, 9.17) is 19.4 Å². The third-order valence-corrected chi connectivity index (χ3v) is 8.89. The minimum absolute atomic E-state index is 0.133. The number of para-hydroxylation sites is 1. The van der Waals surface area contributed by atoms with E-state index in [9.17, 15) is 4.79 Å². The summed E-state index contributed by atoms with van der Waals surface area (Å²) in [6, 6.07) is 37.3. The van der Waals surface area contributed by atoms with Crippen molar-refractivity contribution in [3.8, 4) is 16.9 Å². The first-order chi connectivity index (χ1) is 21.6. The van der Waals surface area contributed by atoms with E-state index >= 15 is 0 Å². The molecule has 44 heavy (non-hydrogen) atoms. The second-order valence-corrected chi connectivity index (χ2v) is 11.8. The topological polar surface area (TPSA) is 66.2 Å². The molecule has 0 bridgehead atoms. The van der Waals surface area contributed by atoms with Crippen LogP contribution in [0.5, 0.6) is 5.75 Å². The van der Waals surface area contributed by atoms with Crippen molar-refractivity contribution >= 4 is 27.9 Å². The van der Waals surface area contributed by atoms with Crippen LogP contribution >= 0.6 is 0 Å². The number of hydrogen-bond acceptors (Lipinski definition) is 5. The molecule has 2 aromatic heterocycles. The van der Waals surface area contributed by atoms with Gasteiger partial charge in [-0.3, -0.25) is 4.79 Å². The van der Waals surface area contributed by atoms with Crippen molar-refractivity contribution in [3.63, 3.8) is 0 Å². The molecule has 0 amide bonds. The quantitative estimate of drug-likeness (QED) is 0.161. The second kappa shape index (κ2) is 12.0. The first-order valence-electron chi connectivity index (χ1n) is 15.3. The van der Waals surface area contributed by atoms with Gasteiger partial charge < -0.3 is 14.0 Å². The molecular formula is C38H35N3O3. The molecule has 0 unspecified atom stereocenters. The minimum atomic E-state index is -0.541. The van der Waals surface area contributed by atoms with Crippen molar-refractivity contribution in [1.82, 2.24) is 14.5 Å². The Labute approximate surface area is 257 Å². The van der Waals surface area contributed by atoms with Gasteiger partial charge in [0.15, 0.2) is 0 Å². The molecule has 1 saturated carbocycles. The zero-order valence-corrected chi connectivity index (χ0v) is 24.9. The van der Waals surface area contributed by atoms with Gasteiger partial charge in [-0.05, 0) is 59.9 Å². The van der Waals surface area contributed by atoms with Crippen LogP contribution in [0.15, 0.2) is 109 Å². The smallest absolute Gasteiger partial charge is 0.312 e. The average Bonchev–Trinajstić information content (AvgIpc) is 3.69. The normalized spacial score (nSPS) is 14.2. The Morgan fingerprint density at radius 3 is 2.43 bits per heavy atom. The number of fused-ring (bicyclic) bond motifs is 2. The average molecular weight is 582 g/mol. The molecule has 220 valence electrons. The third-order valence-electron chi connectivity index (χ3n) is 8.89. The summed E-state index contributed by atoms with van der Waals surface area (Å²) in [5.74, 6) is 1.50. The predicted octanol–water partition coefficient (Wildman–Crippen LogP) is 8.15. The van der Waals surface area contributed by atoms with Crippen molar-refractivity contribution < 1.29 is 14.3 Å². The number of rotatable bonds is 9. The van der Waals surface area contributed by atoms with E-state index in [0.717, 1.165) is 64.9 Å². The Balaban J connectivity index is 1.22. The lowest BCUT2D eigenvalue weighted by Crippen LogP contribution is -2.33. The van der Waals surface area contributed by atoms with Gasteiger partial charge in [0.25, 0.3) is 0 Å². The lowest BCUT2D eigenvalue weighted by atomic mass is 9.82. The molecule has 2 heterocycles. The van der Waals surface area contributed by atoms with Gasteiger partial charge >= 0.3 is 5.97 Å². The molecule has 7 rings (SSSR count). The van der Waals surface area contributed by atoms with Gasteiger partial charge in [-0.1, -0.05) is 85.6 Å². The lowest BCUT2D eigenvalue weighted by molar-refractivity contribution is -0.152. The van der Waals surface area contributed by atoms with E-state index in [1.807, 2.05) is 42.5 Å². The molecular weight excluding hydrogens is 546 g/mol. The van der Waals surface area contributed by atoms with Crippen LogP contribution in [0.3, 0.4) is 0 Å². The molecule has 1 aliphatic carbocycles. The highest BCUT2D eigenvalue weighted by Gasteiger charge is 2.43. The Morgan fingerprint density at radius 1 is 0.795 bits per heavy atom. The summed E-state index contributed by atoms with van der Waals surface area (Å²) in [5.41, 5.74) is 6.68. The lowest BCUT2D eigenvalue weighted by Gasteiger charge is -2.25. The summed E-state index contributed by atoms with van der Waals surface area (Å²) in [6.07, 6.45) is 4.23. The Morgan fingerprint density at radius 2 is 1.59 bits per heavy atom. The van der Waals surface area contributed by atoms with Crippen molar-refractivity contribution in [3.05, 3.63) is 126 Å². The van der Waals surface area contributed by atoms with Crippen LogP contribution < -0.4 is 4.74 Å². The zero-order chi connectivity index (χ0) is 29.9. The van der Waals surface area contributed by atoms with Crippen molar-refractivity contribution in [2.24, 2.45) is 5.41 Å². The molecule has 0 radical (unpaired) electrons. The summed E-state index contributed by atoms with van der Waals surface area (Å²) >= 11 is 0. The summed E-state index contributed by atoms with van der Waals surface area (Å²) in [7, 11) is 1.49. The number of pyridine rings is 1. The summed E-state index contributed by atoms with van der Waals surface area (Å²) in [5, 5.41) is 1.11. The zero-order valence-electron chi connectivity index (χ0n) is 24.9. The van der Waals surface area contributed by atoms with E-state index in [0.29, 0.717) is 19.6 Å². The molecule has 6 aromatic rings. The molecule has 6 nitrogen and oxygen atoms in total. The number of ether oxygens (including phenoxy) is 2. The number of aromatic nitrogens is 3. The van der Waals surface area contributed by atoms with Crippen LogP contribution in [0.2, 0.25) is 0 Å². The van der Waals surface area contributed by atoms with Crippen LogP contribution in [0.1, 0.15) is 42.8 Å². The number of benzene rings is 4. The maximum atomic E-state index is 13.1. The van der Waals surface area contributed by atoms with Gasteiger partial charge in [-0.25, -0.2) is 9.97 Å². The van der Waals surface area contributed by atoms with Crippen molar-refractivity contribution in [1.29, 1.82) is 0 Å². The number of carbonyl (C=O) groups is 1. The van der Waals surface area contributed by atoms with Gasteiger partial charge in [-0.15, -0.1) is 0 Å². The molecule has 1 fully saturated rings. The Bertz CT molecular complexity index is 1940. The second-order valence-electron chi connectivity index (χ2n) is 11.8. The van der Waals surface area contributed by atoms with Gasteiger partial charge in [0.05, 0.1) is 34.8 Å². The molecule has 4 aromatic carbocycles. The standard InChI is InChI=1S/C38H35N3O3/c1-43-37(42)38(20-7-8-21-38)24-36-40-34-23-32(44-26-31-17-16-29-13-5-6-15-33(29)39-31)18-19-35(34)41(36)25-27-10-9-14-30(22-27)28-11-3-2-4-12-28/h2-6,9-19,22-23H,7-8,20-21,24-26H2,1H3. The first-order valence-corrected chi connectivity index (χ1v) is 15.3. The maximum absolute atomic E-state index is 13.1. The molecule has 0 N–H and O–H groups in total. The highest BCUT2D eigenvalue weighted by Crippen LogP contribution is 2.42. The monoisotopic (exact) mass is 581 g/mol. The first kappa shape index (κ1) is 27.8. The Hall–Kier alpha value is -4.97. The SMILES string of the molecule is COC(=O)C1(Cc2nc3cc(OCc4ccc5ccccc5n4)ccc3n2Cc2cccc(-c3ccccc3)c2)CCCC1. The van der Waals surface area contributed by atoms with E-state index in [2.05, 4.69) is 71.3 Å². The molecule has 6 heteroatoms. The minimum Gasteiger partial charge on any atom is -0.487 e. The fraction of sp³-hybridized carbons (Fsp3) is 0.237. The molecule has 0 aliphatic heterocycles. The highest BCUT2D eigenvalue weighted by atomic mass is 16.5. The summed E-state index contributed by atoms with van der Waals surface area (Å²) in [4.78, 5) is 23.0. The van der Waals surface area contributed by atoms with Crippen molar-refractivity contribution in [2.75, 3.05) is 7.11 Å². The maximum Gasteiger partial charge on any atom is 0.312 e. The summed E-state index contributed by atoms with van der Waals surface area (Å²) < 4.78 is 13.8. The summed E-state index contributed by atoms with van der Waals surface area (Å²) in [6.45, 7) is 1.01. The van der Waals surface area contributed by atoms with E-state index in [-0.39, 0.29) is 5.97 Å². The van der Waals surface area contributed by atoms with Gasteiger partial charge in [-0.2, -0.15) is 0 Å². The number of carbonyl (C=O) groups excluding carboxylic acids is 1. The van der Waals surface area contributed by atoms with E-state index in [1.54, 1.807) is 0 Å². The van der Waals surface area contributed by atoms with Gasteiger partial charge in [0.2, 0.25) is 0 Å². The van der Waals surface area contributed by atoms with Crippen LogP contribution in [-0.2, 0) is 29.1 Å². The van der Waals surface area contributed by atoms with Gasteiger partial charge in [0, 0.05) is 24.4 Å². The van der Waals surface area contributed by atoms with Gasteiger partial charge in [0.1, 0.15) is 18.2 Å². The van der Waals surface area contributed by atoms with Crippen LogP contribution in [-0.4, -0.2) is 27.6 Å². The van der Waals surface area contributed by atoms with E-state index < -0.39 is 5.41 Å². The van der Waals surface area contributed by atoms with E-state index in [1.165, 1.54) is 23.8 Å². The molecule has 0 spiro atoms. The fourth-order valence-corrected chi connectivity index (χ4v) is 6.59. The molecule has 0 saturated heterocycles. The van der Waals surface area contributed by atoms with Crippen LogP contribution in [0.4, 0.5) is 0 Å². The number of hydrogen-bond donors (Lipinski definition) is 0. The third kappa shape index (κ3) is 5.55. The predicted molar refractivity (Wildman–Crippen MR) is 173 cm³/mol. The molecule has 0 atom stereocenters. The highest BCUT2D eigenvalue weighted by molar-refractivity contribution is 5.80. The largest absolute Gasteiger partial charge is 0.487 e. The van der Waals surface area contributed by atoms with Crippen LogP contribution in [0, 0.1) is 5.41 Å². The number of imidazole rings is 1. The van der Waals surface area contributed by atoms with Crippen molar-refractivity contribution in [2.45, 2.75) is 45.3 Å². The van der Waals surface area contributed by atoms with Crippen LogP contribution in [0.25, 0.3) is 33.1 Å². The Kier molecular flexibility index (Phi) is 7.57.